The van der Waals surface area contributed by atoms with Crippen LogP contribution in [0.2, 0.25) is 0 Å². The van der Waals surface area contributed by atoms with Crippen molar-refractivity contribution < 1.29 is 13.5 Å². The third kappa shape index (κ3) is 3.13. The number of sulfonamides is 1. The average Bonchev–Trinajstić information content (AvgIpc) is 2.86. The highest BCUT2D eigenvalue weighted by molar-refractivity contribution is 7.89. The largest absolute Gasteiger partial charge is 0.389 e. The van der Waals surface area contributed by atoms with E-state index < -0.39 is 15.6 Å². The van der Waals surface area contributed by atoms with Crippen LogP contribution in [0.5, 0.6) is 0 Å². The van der Waals surface area contributed by atoms with Crippen LogP contribution in [-0.2, 0) is 10.0 Å². The van der Waals surface area contributed by atoms with E-state index >= 15 is 0 Å². The predicted molar refractivity (Wildman–Crippen MR) is 68.6 cm³/mol. The molecule has 102 valence electrons. The van der Waals surface area contributed by atoms with Crippen molar-refractivity contribution >= 4 is 10.0 Å². The van der Waals surface area contributed by atoms with Gasteiger partial charge in [-0.3, -0.25) is 0 Å². The second-order valence-electron chi connectivity index (χ2n) is 5.28. The Morgan fingerprint density at radius 2 is 2.17 bits per heavy atom. The van der Waals surface area contributed by atoms with E-state index in [2.05, 4.69) is 16.6 Å². The minimum absolute atomic E-state index is 0.0905. The highest BCUT2D eigenvalue weighted by atomic mass is 32.2. The van der Waals surface area contributed by atoms with Crippen LogP contribution in [0.3, 0.4) is 0 Å². The second-order valence-corrected chi connectivity index (χ2v) is 7.05. The van der Waals surface area contributed by atoms with Gasteiger partial charge in [-0.1, -0.05) is 6.92 Å². The van der Waals surface area contributed by atoms with Crippen molar-refractivity contribution in [2.75, 3.05) is 6.54 Å². The van der Waals surface area contributed by atoms with Crippen molar-refractivity contribution in [2.24, 2.45) is 5.92 Å². The monoisotopic (exact) mass is 272 g/mol. The highest BCUT2D eigenvalue weighted by Gasteiger charge is 2.33. The Morgan fingerprint density at radius 3 is 2.72 bits per heavy atom. The minimum atomic E-state index is -3.51. The van der Waals surface area contributed by atoms with Gasteiger partial charge in [0.25, 0.3) is 0 Å². The van der Waals surface area contributed by atoms with E-state index in [1.807, 2.05) is 0 Å². The van der Waals surface area contributed by atoms with Crippen molar-refractivity contribution in [1.29, 1.82) is 0 Å². The zero-order valence-electron chi connectivity index (χ0n) is 10.5. The van der Waals surface area contributed by atoms with E-state index in [-0.39, 0.29) is 11.4 Å². The summed E-state index contributed by atoms with van der Waals surface area (Å²) in [6.07, 6.45) is 6.19. The lowest BCUT2D eigenvalue weighted by molar-refractivity contribution is -0.00182. The van der Waals surface area contributed by atoms with Crippen molar-refractivity contribution in [3.05, 3.63) is 18.5 Å². The molecule has 0 saturated heterocycles. The summed E-state index contributed by atoms with van der Waals surface area (Å²) in [7, 11) is -3.51. The second kappa shape index (κ2) is 5.03. The summed E-state index contributed by atoms with van der Waals surface area (Å²) in [6.45, 7) is 2.25. The summed E-state index contributed by atoms with van der Waals surface area (Å²) in [6, 6.07) is 1.50. The van der Waals surface area contributed by atoms with Gasteiger partial charge in [-0.05, 0) is 37.7 Å². The molecular weight excluding hydrogens is 252 g/mol. The number of aromatic amines is 1. The van der Waals surface area contributed by atoms with Crippen LogP contribution in [0.25, 0.3) is 0 Å². The number of hydrogen-bond donors (Lipinski definition) is 3. The van der Waals surface area contributed by atoms with Gasteiger partial charge < -0.3 is 10.1 Å². The Balaban J connectivity index is 1.96. The van der Waals surface area contributed by atoms with E-state index in [0.717, 1.165) is 12.8 Å². The quantitative estimate of drug-likeness (QED) is 0.771. The first kappa shape index (κ1) is 13.6. The molecule has 0 aromatic carbocycles. The fourth-order valence-corrected chi connectivity index (χ4v) is 3.36. The Labute approximate surface area is 108 Å². The molecule has 0 bridgehead atoms. The molecule has 1 aromatic rings. The minimum Gasteiger partial charge on any atom is -0.389 e. The molecule has 0 atom stereocenters. The Hall–Kier alpha value is -0.850. The first-order valence-electron chi connectivity index (χ1n) is 6.26. The van der Waals surface area contributed by atoms with E-state index in [9.17, 15) is 13.5 Å². The molecule has 1 aliphatic rings. The topological polar surface area (TPSA) is 82.2 Å². The number of rotatable bonds is 4. The molecule has 1 aliphatic carbocycles. The van der Waals surface area contributed by atoms with Crippen LogP contribution < -0.4 is 4.72 Å². The number of aromatic nitrogens is 1. The fourth-order valence-electron chi connectivity index (χ4n) is 2.26. The van der Waals surface area contributed by atoms with Crippen molar-refractivity contribution in [2.45, 2.75) is 43.1 Å². The van der Waals surface area contributed by atoms with E-state index in [4.69, 9.17) is 0 Å². The van der Waals surface area contributed by atoms with Crippen LogP contribution in [0.15, 0.2) is 23.4 Å². The predicted octanol–water partition coefficient (Wildman–Crippen LogP) is 1.23. The van der Waals surface area contributed by atoms with Crippen LogP contribution >= 0.6 is 0 Å². The lowest BCUT2D eigenvalue weighted by Gasteiger charge is -2.34. The van der Waals surface area contributed by atoms with Gasteiger partial charge in [-0.25, -0.2) is 13.1 Å². The normalized spacial score (nSPS) is 29.3. The summed E-state index contributed by atoms with van der Waals surface area (Å²) in [5, 5.41) is 10.3. The van der Waals surface area contributed by atoms with Gasteiger partial charge >= 0.3 is 0 Å². The first-order chi connectivity index (χ1) is 8.41. The smallest absolute Gasteiger partial charge is 0.242 e. The molecule has 5 nitrogen and oxygen atoms in total. The molecule has 1 heterocycles. The summed E-state index contributed by atoms with van der Waals surface area (Å²) >= 11 is 0. The van der Waals surface area contributed by atoms with Crippen LogP contribution in [-0.4, -0.2) is 30.7 Å². The molecule has 0 spiro atoms. The van der Waals surface area contributed by atoms with Crippen LogP contribution in [0.1, 0.15) is 32.6 Å². The zero-order chi connectivity index (χ0) is 13.2. The summed E-state index contributed by atoms with van der Waals surface area (Å²) in [4.78, 5) is 2.91. The van der Waals surface area contributed by atoms with Gasteiger partial charge in [-0.15, -0.1) is 0 Å². The molecule has 0 unspecified atom stereocenters. The summed E-state index contributed by atoms with van der Waals surface area (Å²) < 4.78 is 26.3. The van der Waals surface area contributed by atoms with Gasteiger partial charge in [0.1, 0.15) is 0 Å². The molecule has 6 heteroatoms. The van der Waals surface area contributed by atoms with Gasteiger partial charge in [0.05, 0.1) is 10.5 Å². The number of aliphatic hydroxyl groups is 1. The molecule has 1 aromatic heterocycles. The highest BCUT2D eigenvalue weighted by Crippen LogP contribution is 2.31. The maximum Gasteiger partial charge on any atom is 0.242 e. The third-order valence-electron chi connectivity index (χ3n) is 3.68. The Morgan fingerprint density at radius 1 is 1.50 bits per heavy atom. The van der Waals surface area contributed by atoms with Gasteiger partial charge in [0, 0.05) is 18.9 Å². The van der Waals surface area contributed by atoms with E-state index in [1.54, 1.807) is 6.20 Å². The van der Waals surface area contributed by atoms with E-state index in [1.165, 1.54) is 12.3 Å². The molecule has 1 fully saturated rings. The lowest BCUT2D eigenvalue weighted by atomic mass is 9.80. The van der Waals surface area contributed by atoms with Gasteiger partial charge in [0.2, 0.25) is 10.0 Å². The maximum atomic E-state index is 11.9. The van der Waals surface area contributed by atoms with E-state index in [0.29, 0.717) is 18.8 Å². The van der Waals surface area contributed by atoms with Gasteiger partial charge in [-0.2, -0.15) is 0 Å². The SMILES string of the molecule is CC1CCC(O)(CNS(=O)(=O)c2cc[nH]c2)CC1. The Kier molecular flexibility index (Phi) is 3.79. The zero-order valence-corrected chi connectivity index (χ0v) is 11.3. The van der Waals surface area contributed by atoms with Crippen molar-refractivity contribution in [3.8, 4) is 0 Å². The first-order valence-corrected chi connectivity index (χ1v) is 7.74. The van der Waals surface area contributed by atoms with Crippen LogP contribution in [0.4, 0.5) is 0 Å². The van der Waals surface area contributed by atoms with Crippen LogP contribution in [0, 0.1) is 5.92 Å². The van der Waals surface area contributed by atoms with Crippen molar-refractivity contribution in [1.82, 2.24) is 9.71 Å². The van der Waals surface area contributed by atoms with Gasteiger partial charge in [0.15, 0.2) is 0 Å². The summed E-state index contributed by atoms with van der Waals surface area (Å²) in [5.74, 6) is 0.617. The molecule has 0 aliphatic heterocycles. The molecule has 3 N–H and O–H groups in total. The average molecular weight is 272 g/mol. The molecule has 18 heavy (non-hydrogen) atoms. The number of nitrogens with one attached hydrogen (secondary N) is 2. The molecular formula is C12H20N2O3S. The lowest BCUT2D eigenvalue weighted by Crippen LogP contribution is -2.45. The molecule has 1 saturated carbocycles. The summed E-state index contributed by atoms with van der Waals surface area (Å²) in [5.41, 5.74) is -0.893. The third-order valence-corrected chi connectivity index (χ3v) is 5.07. The fraction of sp³-hybridized carbons (Fsp3) is 0.667. The standard InChI is InChI=1S/C12H20N2O3S/c1-10-2-5-12(15,6-3-10)9-14-18(16,17)11-4-7-13-8-11/h4,7-8,10,13-15H,2-3,5-6,9H2,1H3. The Bertz CT molecular complexity index is 473. The van der Waals surface area contributed by atoms with Crippen molar-refractivity contribution in [3.63, 3.8) is 0 Å². The molecule has 0 radical (unpaired) electrons. The number of hydrogen-bond acceptors (Lipinski definition) is 3. The maximum absolute atomic E-state index is 11.9. The molecule has 2 rings (SSSR count). The number of H-pyrrole nitrogens is 1. The molecule has 0 amide bonds.